The Labute approximate surface area is 81.7 Å². The summed E-state index contributed by atoms with van der Waals surface area (Å²) in [6, 6.07) is 4.67. The minimum Gasteiger partial charge on any atom is -0.480 e. The van der Waals surface area contributed by atoms with Crippen molar-refractivity contribution in [3.8, 4) is 0 Å². The first-order valence-electron chi connectivity index (χ1n) is 4.54. The maximum absolute atomic E-state index is 10.7. The van der Waals surface area contributed by atoms with Crippen molar-refractivity contribution in [3.63, 3.8) is 0 Å². The largest absolute Gasteiger partial charge is 0.480 e. The molecule has 0 spiro atoms. The van der Waals surface area contributed by atoms with Gasteiger partial charge in [0.2, 0.25) is 0 Å². The molecular weight excluding hydrogens is 180 g/mol. The van der Waals surface area contributed by atoms with Crippen LogP contribution in [0.3, 0.4) is 0 Å². The van der Waals surface area contributed by atoms with Crippen LogP contribution in [-0.4, -0.2) is 17.6 Å². The molecule has 74 valence electrons. The van der Waals surface area contributed by atoms with Gasteiger partial charge in [-0.05, 0) is 12.0 Å². The molecule has 14 heavy (non-hydrogen) atoms. The van der Waals surface area contributed by atoms with E-state index in [0.717, 1.165) is 24.2 Å². The van der Waals surface area contributed by atoms with E-state index >= 15 is 0 Å². The molecule has 4 N–H and O–H groups in total. The van der Waals surface area contributed by atoms with Gasteiger partial charge in [-0.15, -0.1) is 0 Å². The second-order valence-corrected chi connectivity index (χ2v) is 3.37. The van der Waals surface area contributed by atoms with Crippen LogP contribution >= 0.6 is 0 Å². The van der Waals surface area contributed by atoms with Crippen molar-refractivity contribution in [2.45, 2.75) is 12.5 Å². The number of anilines is 1. The van der Waals surface area contributed by atoms with E-state index in [0.29, 0.717) is 5.56 Å². The van der Waals surface area contributed by atoms with Crippen molar-refractivity contribution in [2.24, 2.45) is 5.73 Å². The van der Waals surface area contributed by atoms with Crippen molar-refractivity contribution in [1.82, 2.24) is 0 Å². The van der Waals surface area contributed by atoms with Gasteiger partial charge in [-0.3, -0.25) is 4.79 Å². The lowest BCUT2D eigenvalue weighted by atomic mass is 10.0. The minimum absolute atomic E-state index is 0.674. The van der Waals surface area contributed by atoms with Crippen LogP contribution in [0.4, 0.5) is 5.69 Å². The Kier molecular flexibility index (Phi) is 2.13. The Bertz CT molecular complexity index is 376. The molecule has 0 bridgehead atoms. The second-order valence-electron chi connectivity index (χ2n) is 3.37. The van der Waals surface area contributed by atoms with Crippen LogP contribution in [0.15, 0.2) is 18.2 Å². The highest BCUT2D eigenvalue weighted by atomic mass is 16.4. The van der Waals surface area contributed by atoms with Gasteiger partial charge in [0.05, 0.1) is 0 Å². The predicted molar refractivity (Wildman–Crippen MR) is 53.2 cm³/mol. The molecule has 0 aromatic heterocycles. The average molecular weight is 192 g/mol. The predicted octanol–water partition coefficient (Wildman–Crippen LogP) is 0.739. The number of carboxylic acid groups (broad SMARTS) is 1. The number of carboxylic acids is 1. The summed E-state index contributed by atoms with van der Waals surface area (Å²) in [6.45, 7) is 0.860. The highest BCUT2D eigenvalue weighted by Crippen LogP contribution is 2.29. The van der Waals surface area contributed by atoms with Gasteiger partial charge in [0.1, 0.15) is 6.04 Å². The maximum atomic E-state index is 10.7. The first-order valence-corrected chi connectivity index (χ1v) is 4.54. The van der Waals surface area contributed by atoms with E-state index in [2.05, 4.69) is 5.32 Å². The van der Waals surface area contributed by atoms with Gasteiger partial charge in [0.25, 0.3) is 0 Å². The van der Waals surface area contributed by atoms with E-state index in [4.69, 9.17) is 10.8 Å². The Morgan fingerprint density at radius 2 is 2.36 bits per heavy atom. The SMILES string of the molecule is N[C@H](C(=O)O)c1cccc2c1NCC2. The molecule has 4 nitrogen and oxygen atoms in total. The highest BCUT2D eigenvalue weighted by molar-refractivity contribution is 5.79. The van der Waals surface area contributed by atoms with Crippen LogP contribution < -0.4 is 11.1 Å². The van der Waals surface area contributed by atoms with E-state index in [1.54, 1.807) is 6.07 Å². The van der Waals surface area contributed by atoms with Crippen LogP contribution in [0, 0.1) is 0 Å². The molecule has 0 aliphatic carbocycles. The first kappa shape index (κ1) is 9.02. The van der Waals surface area contributed by atoms with Gasteiger partial charge < -0.3 is 16.2 Å². The number of carbonyl (C=O) groups is 1. The van der Waals surface area contributed by atoms with Crippen molar-refractivity contribution in [3.05, 3.63) is 29.3 Å². The third-order valence-corrected chi connectivity index (χ3v) is 2.48. The number of aliphatic carboxylic acids is 1. The molecule has 0 unspecified atom stereocenters. The summed E-state index contributed by atoms with van der Waals surface area (Å²) in [4.78, 5) is 10.7. The number of nitrogens with two attached hydrogens (primary N) is 1. The van der Waals surface area contributed by atoms with E-state index < -0.39 is 12.0 Å². The van der Waals surface area contributed by atoms with Gasteiger partial charge in [0, 0.05) is 17.8 Å². The van der Waals surface area contributed by atoms with Gasteiger partial charge in [0.15, 0.2) is 0 Å². The van der Waals surface area contributed by atoms with Crippen LogP contribution in [-0.2, 0) is 11.2 Å². The third kappa shape index (κ3) is 1.33. The Balaban J connectivity index is 2.44. The molecule has 0 fully saturated rings. The summed E-state index contributed by atoms with van der Waals surface area (Å²) in [6.07, 6.45) is 0.940. The minimum atomic E-state index is -0.993. The number of hydrogen-bond acceptors (Lipinski definition) is 3. The number of nitrogens with one attached hydrogen (secondary N) is 1. The highest BCUT2D eigenvalue weighted by Gasteiger charge is 2.21. The molecule has 1 atom stereocenters. The van der Waals surface area contributed by atoms with E-state index in [1.807, 2.05) is 12.1 Å². The molecule has 4 heteroatoms. The van der Waals surface area contributed by atoms with Crippen LogP contribution in [0.25, 0.3) is 0 Å². The smallest absolute Gasteiger partial charge is 0.325 e. The lowest BCUT2D eigenvalue weighted by Crippen LogP contribution is -2.21. The van der Waals surface area contributed by atoms with E-state index in [1.165, 1.54) is 0 Å². The van der Waals surface area contributed by atoms with Crippen LogP contribution in [0.2, 0.25) is 0 Å². The summed E-state index contributed by atoms with van der Waals surface area (Å²) in [7, 11) is 0. The summed E-state index contributed by atoms with van der Waals surface area (Å²) >= 11 is 0. The van der Waals surface area contributed by atoms with Gasteiger partial charge in [-0.1, -0.05) is 18.2 Å². The van der Waals surface area contributed by atoms with Crippen LogP contribution in [0.1, 0.15) is 17.2 Å². The number of fused-ring (bicyclic) bond motifs is 1. The molecule has 2 rings (SSSR count). The lowest BCUT2D eigenvalue weighted by Gasteiger charge is -2.12. The molecule has 1 aromatic carbocycles. The molecule has 1 heterocycles. The summed E-state index contributed by atoms with van der Waals surface area (Å²) in [5.41, 5.74) is 8.30. The van der Waals surface area contributed by atoms with Gasteiger partial charge >= 0.3 is 5.97 Å². The maximum Gasteiger partial charge on any atom is 0.325 e. The van der Waals surface area contributed by atoms with Gasteiger partial charge in [-0.25, -0.2) is 0 Å². The first-order chi connectivity index (χ1) is 6.70. The monoisotopic (exact) mass is 192 g/mol. The number of rotatable bonds is 2. The number of para-hydroxylation sites is 1. The molecule has 0 saturated heterocycles. The Morgan fingerprint density at radius 3 is 3.07 bits per heavy atom. The van der Waals surface area contributed by atoms with Crippen LogP contribution in [0.5, 0.6) is 0 Å². The summed E-state index contributed by atoms with van der Waals surface area (Å²) < 4.78 is 0. The molecule has 1 aliphatic rings. The third-order valence-electron chi connectivity index (χ3n) is 2.48. The molecular formula is C10H12N2O2. The van der Waals surface area contributed by atoms with Gasteiger partial charge in [-0.2, -0.15) is 0 Å². The van der Waals surface area contributed by atoms with Crippen molar-refractivity contribution < 1.29 is 9.90 Å². The quantitative estimate of drug-likeness (QED) is 0.646. The summed E-state index contributed by atoms with van der Waals surface area (Å²) in [5, 5.41) is 12.0. The average Bonchev–Trinajstić information content (AvgIpc) is 2.63. The van der Waals surface area contributed by atoms with Crippen molar-refractivity contribution in [1.29, 1.82) is 0 Å². The normalized spacial score (nSPS) is 15.8. The van der Waals surface area contributed by atoms with E-state index in [9.17, 15) is 4.79 Å². The lowest BCUT2D eigenvalue weighted by molar-refractivity contribution is -0.138. The molecule has 1 aromatic rings. The molecule has 0 radical (unpaired) electrons. The van der Waals surface area contributed by atoms with E-state index in [-0.39, 0.29) is 0 Å². The standard InChI is InChI=1S/C10H12N2O2/c11-8(10(13)14)7-3-1-2-6-4-5-12-9(6)7/h1-3,8,12H,4-5,11H2,(H,13,14)/t8-/m0/s1. The zero-order chi connectivity index (χ0) is 10.1. The van der Waals surface area contributed by atoms with Crippen molar-refractivity contribution in [2.75, 3.05) is 11.9 Å². The van der Waals surface area contributed by atoms with Crippen molar-refractivity contribution >= 4 is 11.7 Å². The fraction of sp³-hybridized carbons (Fsp3) is 0.300. The number of benzene rings is 1. The fourth-order valence-corrected chi connectivity index (χ4v) is 1.76. The fourth-order valence-electron chi connectivity index (χ4n) is 1.76. The molecule has 0 amide bonds. The summed E-state index contributed by atoms with van der Waals surface area (Å²) in [5.74, 6) is -0.993. The zero-order valence-corrected chi connectivity index (χ0v) is 7.66. The molecule has 0 saturated carbocycles. The molecule has 1 aliphatic heterocycles. The Hall–Kier alpha value is -1.55. The number of hydrogen-bond donors (Lipinski definition) is 3. The Morgan fingerprint density at radius 1 is 1.57 bits per heavy atom. The second kappa shape index (κ2) is 3.31. The topological polar surface area (TPSA) is 75.4 Å². The zero-order valence-electron chi connectivity index (χ0n) is 7.66.